The average Bonchev–Trinajstić information content (AvgIpc) is 2.90. The molecule has 0 bridgehead atoms. The fourth-order valence-corrected chi connectivity index (χ4v) is 2.37. The minimum Gasteiger partial charge on any atom is -0.487 e. The summed E-state index contributed by atoms with van der Waals surface area (Å²) < 4.78 is 5.62. The SMILES string of the molecule is Cc1nc(COc2cccc(C(=O)NC(C)(C)C(=O)O)c2)cs1. The molecule has 1 amide bonds. The first kappa shape index (κ1) is 17.0. The Bertz CT molecular complexity index is 724. The second-order valence-electron chi connectivity index (χ2n) is 5.56. The number of carboxylic acids is 1. The molecule has 2 rings (SSSR count). The van der Waals surface area contributed by atoms with Crippen LogP contribution in [0.2, 0.25) is 0 Å². The Morgan fingerprint density at radius 3 is 2.74 bits per heavy atom. The van der Waals surface area contributed by atoms with Gasteiger partial charge in [-0.05, 0) is 39.0 Å². The summed E-state index contributed by atoms with van der Waals surface area (Å²) in [5.41, 5.74) is -0.174. The second kappa shape index (κ2) is 6.78. The number of nitrogens with one attached hydrogen (secondary N) is 1. The van der Waals surface area contributed by atoms with Crippen molar-refractivity contribution in [2.24, 2.45) is 0 Å². The number of benzene rings is 1. The Balaban J connectivity index is 2.04. The summed E-state index contributed by atoms with van der Waals surface area (Å²) in [6.07, 6.45) is 0. The van der Waals surface area contributed by atoms with E-state index in [1.165, 1.54) is 13.8 Å². The quantitative estimate of drug-likeness (QED) is 0.848. The van der Waals surface area contributed by atoms with Crippen molar-refractivity contribution in [2.75, 3.05) is 0 Å². The first-order valence-corrected chi connectivity index (χ1v) is 7.85. The van der Waals surface area contributed by atoms with Gasteiger partial charge in [-0.3, -0.25) is 4.79 Å². The second-order valence-corrected chi connectivity index (χ2v) is 6.62. The van der Waals surface area contributed by atoms with Crippen LogP contribution in [0.5, 0.6) is 5.75 Å². The summed E-state index contributed by atoms with van der Waals surface area (Å²) in [5, 5.41) is 14.4. The van der Waals surface area contributed by atoms with Crippen LogP contribution < -0.4 is 10.1 Å². The number of thiazole rings is 1. The number of aromatic nitrogens is 1. The Morgan fingerprint density at radius 2 is 2.13 bits per heavy atom. The number of hydrogen-bond acceptors (Lipinski definition) is 5. The monoisotopic (exact) mass is 334 g/mol. The molecule has 6 nitrogen and oxygen atoms in total. The topological polar surface area (TPSA) is 88.5 Å². The summed E-state index contributed by atoms with van der Waals surface area (Å²) in [4.78, 5) is 27.5. The van der Waals surface area contributed by atoms with Crippen molar-refractivity contribution in [1.29, 1.82) is 0 Å². The Kier molecular flexibility index (Phi) is 5.00. The van der Waals surface area contributed by atoms with E-state index in [-0.39, 0.29) is 0 Å². The van der Waals surface area contributed by atoms with E-state index in [1.807, 2.05) is 12.3 Å². The van der Waals surface area contributed by atoms with Crippen LogP contribution >= 0.6 is 11.3 Å². The van der Waals surface area contributed by atoms with Crippen LogP contribution in [-0.2, 0) is 11.4 Å². The number of hydrogen-bond donors (Lipinski definition) is 2. The number of carbonyl (C=O) groups excluding carboxylic acids is 1. The van der Waals surface area contributed by atoms with E-state index in [0.29, 0.717) is 17.9 Å². The molecule has 0 unspecified atom stereocenters. The van der Waals surface area contributed by atoms with Crippen LogP contribution in [0.25, 0.3) is 0 Å². The van der Waals surface area contributed by atoms with Gasteiger partial charge in [-0.15, -0.1) is 11.3 Å². The average molecular weight is 334 g/mol. The molecule has 122 valence electrons. The van der Waals surface area contributed by atoms with Gasteiger partial charge < -0.3 is 15.2 Å². The van der Waals surface area contributed by atoms with Crippen LogP contribution in [0.15, 0.2) is 29.6 Å². The summed E-state index contributed by atoms with van der Waals surface area (Å²) in [6.45, 7) is 5.09. The van der Waals surface area contributed by atoms with E-state index in [0.717, 1.165) is 10.7 Å². The van der Waals surface area contributed by atoms with E-state index in [4.69, 9.17) is 9.84 Å². The number of carboxylic acid groups (broad SMARTS) is 1. The van der Waals surface area contributed by atoms with Crippen LogP contribution in [0, 0.1) is 6.92 Å². The minimum absolute atomic E-state index is 0.316. The number of carbonyl (C=O) groups is 2. The van der Waals surface area contributed by atoms with Crippen LogP contribution in [0.4, 0.5) is 0 Å². The van der Waals surface area contributed by atoms with Crippen molar-refractivity contribution >= 4 is 23.2 Å². The highest BCUT2D eigenvalue weighted by Gasteiger charge is 2.29. The van der Waals surface area contributed by atoms with Gasteiger partial charge in [0.25, 0.3) is 5.91 Å². The van der Waals surface area contributed by atoms with E-state index < -0.39 is 17.4 Å². The van der Waals surface area contributed by atoms with Gasteiger partial charge in [0.1, 0.15) is 17.9 Å². The number of amides is 1. The number of aryl methyl sites for hydroxylation is 1. The third-order valence-electron chi connectivity index (χ3n) is 3.11. The highest BCUT2D eigenvalue weighted by Crippen LogP contribution is 2.17. The van der Waals surface area contributed by atoms with Gasteiger partial charge in [-0.2, -0.15) is 0 Å². The molecule has 0 radical (unpaired) electrons. The normalized spacial score (nSPS) is 11.1. The molecule has 0 saturated carbocycles. The first-order valence-electron chi connectivity index (χ1n) is 6.98. The molecule has 2 aromatic rings. The number of ether oxygens (including phenoxy) is 1. The standard InChI is InChI=1S/C16H18N2O4S/c1-10-17-12(9-23-10)8-22-13-6-4-5-11(7-13)14(19)18-16(2,3)15(20)21/h4-7,9H,8H2,1-3H3,(H,18,19)(H,20,21). The maximum atomic E-state index is 12.2. The van der Waals surface area contributed by atoms with Crippen molar-refractivity contribution in [3.63, 3.8) is 0 Å². The summed E-state index contributed by atoms with van der Waals surface area (Å²) in [7, 11) is 0. The zero-order valence-electron chi connectivity index (χ0n) is 13.1. The highest BCUT2D eigenvalue weighted by atomic mass is 32.1. The summed E-state index contributed by atoms with van der Waals surface area (Å²) >= 11 is 1.55. The van der Waals surface area contributed by atoms with Gasteiger partial charge >= 0.3 is 5.97 Å². The van der Waals surface area contributed by atoms with E-state index in [9.17, 15) is 9.59 Å². The van der Waals surface area contributed by atoms with E-state index in [1.54, 1.807) is 35.6 Å². The number of rotatable bonds is 6. The minimum atomic E-state index is -1.34. The van der Waals surface area contributed by atoms with Crippen LogP contribution in [0.3, 0.4) is 0 Å². The molecule has 0 spiro atoms. The highest BCUT2D eigenvalue weighted by molar-refractivity contribution is 7.09. The van der Waals surface area contributed by atoms with Gasteiger partial charge in [0.2, 0.25) is 0 Å². The van der Waals surface area contributed by atoms with Crippen molar-refractivity contribution < 1.29 is 19.4 Å². The molecule has 0 saturated heterocycles. The van der Waals surface area contributed by atoms with Crippen molar-refractivity contribution in [2.45, 2.75) is 32.9 Å². The lowest BCUT2D eigenvalue weighted by molar-refractivity contribution is -0.143. The van der Waals surface area contributed by atoms with Gasteiger partial charge in [-0.25, -0.2) is 9.78 Å². The Hall–Kier alpha value is -2.41. The maximum absolute atomic E-state index is 12.2. The molecule has 23 heavy (non-hydrogen) atoms. The predicted molar refractivity (Wildman–Crippen MR) is 86.8 cm³/mol. The van der Waals surface area contributed by atoms with Crippen molar-refractivity contribution in [3.8, 4) is 5.75 Å². The first-order chi connectivity index (χ1) is 10.8. The van der Waals surface area contributed by atoms with Crippen molar-refractivity contribution in [1.82, 2.24) is 10.3 Å². The lowest BCUT2D eigenvalue weighted by atomic mass is 10.1. The third kappa shape index (κ3) is 4.53. The molecule has 0 atom stereocenters. The lowest BCUT2D eigenvalue weighted by Crippen LogP contribution is -2.49. The molecular formula is C16H18N2O4S. The van der Waals surface area contributed by atoms with Crippen LogP contribution in [-0.4, -0.2) is 27.5 Å². The molecule has 1 aromatic heterocycles. The van der Waals surface area contributed by atoms with Gasteiger partial charge in [0.05, 0.1) is 10.7 Å². The number of aliphatic carboxylic acids is 1. The fraction of sp³-hybridized carbons (Fsp3) is 0.312. The zero-order chi connectivity index (χ0) is 17.0. The molecule has 0 aliphatic heterocycles. The molecular weight excluding hydrogens is 316 g/mol. The predicted octanol–water partition coefficient (Wildman–Crippen LogP) is 2.62. The Labute approximate surface area is 138 Å². The van der Waals surface area contributed by atoms with Gasteiger partial charge in [0, 0.05) is 10.9 Å². The third-order valence-corrected chi connectivity index (χ3v) is 3.93. The van der Waals surface area contributed by atoms with Crippen molar-refractivity contribution in [3.05, 3.63) is 45.9 Å². The summed E-state index contributed by atoms with van der Waals surface area (Å²) in [6, 6.07) is 6.60. The summed E-state index contributed by atoms with van der Waals surface area (Å²) in [5.74, 6) is -1.04. The fourth-order valence-electron chi connectivity index (χ4n) is 1.77. The molecule has 0 fully saturated rings. The molecule has 0 aliphatic carbocycles. The van der Waals surface area contributed by atoms with E-state index >= 15 is 0 Å². The largest absolute Gasteiger partial charge is 0.487 e. The maximum Gasteiger partial charge on any atom is 0.328 e. The van der Waals surface area contributed by atoms with Crippen LogP contribution in [0.1, 0.15) is 34.9 Å². The number of nitrogens with zero attached hydrogens (tertiary/aromatic N) is 1. The van der Waals surface area contributed by atoms with E-state index in [2.05, 4.69) is 10.3 Å². The molecule has 1 heterocycles. The zero-order valence-corrected chi connectivity index (χ0v) is 13.9. The molecule has 1 aromatic carbocycles. The molecule has 7 heteroatoms. The molecule has 0 aliphatic rings. The smallest absolute Gasteiger partial charge is 0.328 e. The Morgan fingerprint density at radius 1 is 1.39 bits per heavy atom. The molecule has 2 N–H and O–H groups in total. The van der Waals surface area contributed by atoms with Gasteiger partial charge in [0.15, 0.2) is 0 Å². The lowest BCUT2D eigenvalue weighted by Gasteiger charge is -2.21. The van der Waals surface area contributed by atoms with Gasteiger partial charge in [-0.1, -0.05) is 6.07 Å².